The van der Waals surface area contributed by atoms with Crippen molar-refractivity contribution in [3.63, 3.8) is 0 Å². The molecule has 1 N–H and O–H groups in total. The lowest BCUT2D eigenvalue weighted by Crippen LogP contribution is -1.98. The van der Waals surface area contributed by atoms with E-state index in [9.17, 15) is 0 Å². The van der Waals surface area contributed by atoms with Gasteiger partial charge in [-0.2, -0.15) is 0 Å². The highest BCUT2D eigenvalue weighted by Gasteiger charge is 1.97. The standard InChI is InChI=1S/C27H47IO2/c28-27-21-19-26(20-22-27)18-15-13-11-9-7-5-3-1-2-4-6-8-10-12-14-16-24-30-25-17-23-29/h19-22,29H,1-18,23-25H2. The quantitative estimate of drug-likeness (QED) is 0.120. The van der Waals surface area contributed by atoms with Crippen LogP contribution in [-0.2, 0) is 11.2 Å². The number of aliphatic hydroxyl groups excluding tert-OH is 1. The third-order valence-corrected chi connectivity index (χ3v) is 6.58. The Kier molecular flexibility index (Phi) is 20.5. The highest BCUT2D eigenvalue weighted by atomic mass is 127. The second kappa shape index (κ2) is 22.1. The molecule has 0 heterocycles. The van der Waals surface area contributed by atoms with Gasteiger partial charge in [0, 0.05) is 23.4 Å². The lowest BCUT2D eigenvalue weighted by molar-refractivity contribution is 0.112. The van der Waals surface area contributed by atoms with Crippen molar-refractivity contribution < 1.29 is 9.84 Å². The van der Waals surface area contributed by atoms with Crippen molar-refractivity contribution in [2.24, 2.45) is 0 Å². The maximum atomic E-state index is 8.67. The molecule has 0 saturated heterocycles. The van der Waals surface area contributed by atoms with Crippen LogP contribution in [0.25, 0.3) is 0 Å². The molecule has 174 valence electrons. The van der Waals surface area contributed by atoms with Crippen molar-refractivity contribution in [2.75, 3.05) is 19.8 Å². The third kappa shape index (κ3) is 18.6. The zero-order chi connectivity index (χ0) is 21.5. The van der Waals surface area contributed by atoms with Crippen LogP contribution < -0.4 is 0 Å². The molecular weight excluding hydrogens is 483 g/mol. The fourth-order valence-electron chi connectivity index (χ4n) is 3.93. The van der Waals surface area contributed by atoms with Gasteiger partial charge in [0.05, 0.1) is 0 Å². The van der Waals surface area contributed by atoms with E-state index in [-0.39, 0.29) is 6.61 Å². The molecule has 3 heteroatoms. The van der Waals surface area contributed by atoms with Crippen molar-refractivity contribution in [3.8, 4) is 0 Å². The second-order valence-electron chi connectivity index (χ2n) is 8.72. The smallest absolute Gasteiger partial charge is 0.0487 e. The molecular formula is C27H47IO2. The van der Waals surface area contributed by atoms with Crippen LogP contribution in [0.15, 0.2) is 24.3 Å². The van der Waals surface area contributed by atoms with Gasteiger partial charge in [-0.15, -0.1) is 0 Å². The summed E-state index contributed by atoms with van der Waals surface area (Å²) >= 11 is 2.37. The van der Waals surface area contributed by atoms with Crippen molar-refractivity contribution >= 4 is 22.6 Å². The van der Waals surface area contributed by atoms with Crippen LogP contribution >= 0.6 is 22.6 Å². The lowest BCUT2D eigenvalue weighted by atomic mass is 10.0. The predicted molar refractivity (Wildman–Crippen MR) is 139 cm³/mol. The number of hydrogen-bond acceptors (Lipinski definition) is 2. The zero-order valence-electron chi connectivity index (χ0n) is 19.4. The van der Waals surface area contributed by atoms with E-state index < -0.39 is 0 Å². The molecule has 0 saturated carbocycles. The average Bonchev–Trinajstić information content (AvgIpc) is 2.76. The summed E-state index contributed by atoms with van der Waals surface area (Å²) in [7, 11) is 0. The maximum Gasteiger partial charge on any atom is 0.0487 e. The van der Waals surface area contributed by atoms with E-state index in [0.717, 1.165) is 13.0 Å². The molecule has 0 amide bonds. The SMILES string of the molecule is OCCCOCCCCCCCCCCCCCCCCCCc1ccc(I)cc1. The van der Waals surface area contributed by atoms with Gasteiger partial charge in [0.2, 0.25) is 0 Å². The van der Waals surface area contributed by atoms with Gasteiger partial charge in [0.15, 0.2) is 0 Å². The number of benzene rings is 1. The number of aliphatic hydroxyl groups is 1. The molecule has 2 nitrogen and oxygen atoms in total. The third-order valence-electron chi connectivity index (χ3n) is 5.86. The number of halogens is 1. The molecule has 0 bridgehead atoms. The minimum atomic E-state index is 0.245. The first kappa shape index (κ1) is 27.9. The molecule has 0 aromatic heterocycles. The minimum absolute atomic E-state index is 0.245. The molecule has 0 aliphatic heterocycles. The molecule has 0 atom stereocenters. The minimum Gasteiger partial charge on any atom is -0.396 e. The molecule has 1 aromatic carbocycles. The number of rotatable bonds is 22. The summed E-state index contributed by atoms with van der Waals surface area (Å²) < 4.78 is 6.79. The van der Waals surface area contributed by atoms with Crippen molar-refractivity contribution in [1.82, 2.24) is 0 Å². The van der Waals surface area contributed by atoms with Gasteiger partial charge in [0.1, 0.15) is 0 Å². The average molecular weight is 531 g/mol. The monoisotopic (exact) mass is 530 g/mol. The summed E-state index contributed by atoms with van der Waals surface area (Å²) in [4.78, 5) is 0. The summed E-state index contributed by atoms with van der Waals surface area (Å²) in [5.74, 6) is 0. The van der Waals surface area contributed by atoms with Gasteiger partial charge >= 0.3 is 0 Å². The fraction of sp³-hybridized carbons (Fsp3) is 0.778. The number of unbranched alkanes of at least 4 members (excludes halogenated alkanes) is 15. The van der Waals surface area contributed by atoms with E-state index in [1.165, 1.54) is 118 Å². The van der Waals surface area contributed by atoms with E-state index in [1.807, 2.05) is 0 Å². The van der Waals surface area contributed by atoms with Gasteiger partial charge in [-0.3, -0.25) is 0 Å². The summed E-state index contributed by atoms with van der Waals surface area (Å²) in [6.07, 6.45) is 24.3. The van der Waals surface area contributed by atoms with Crippen molar-refractivity contribution in [1.29, 1.82) is 0 Å². The Morgan fingerprint density at radius 1 is 0.533 bits per heavy atom. The number of hydrogen-bond donors (Lipinski definition) is 1. The van der Waals surface area contributed by atoms with Gasteiger partial charge in [-0.25, -0.2) is 0 Å². The highest BCUT2D eigenvalue weighted by molar-refractivity contribution is 14.1. The first-order valence-corrected chi connectivity index (χ1v) is 13.8. The molecule has 1 rings (SSSR count). The molecule has 0 spiro atoms. The predicted octanol–water partition coefficient (Wildman–Crippen LogP) is 8.47. The van der Waals surface area contributed by atoms with Crippen LogP contribution in [0.5, 0.6) is 0 Å². The Morgan fingerprint density at radius 2 is 0.933 bits per heavy atom. The van der Waals surface area contributed by atoms with Crippen LogP contribution in [0.4, 0.5) is 0 Å². The molecule has 0 aliphatic rings. The van der Waals surface area contributed by atoms with Crippen LogP contribution in [0, 0.1) is 3.57 Å². The topological polar surface area (TPSA) is 29.5 Å². The highest BCUT2D eigenvalue weighted by Crippen LogP contribution is 2.15. The van der Waals surface area contributed by atoms with E-state index in [4.69, 9.17) is 9.84 Å². The Labute approximate surface area is 200 Å². The van der Waals surface area contributed by atoms with Gasteiger partial charge in [-0.1, -0.05) is 102 Å². The van der Waals surface area contributed by atoms with E-state index >= 15 is 0 Å². The van der Waals surface area contributed by atoms with Crippen LogP contribution in [0.2, 0.25) is 0 Å². The molecule has 0 fully saturated rings. The summed E-state index contributed by atoms with van der Waals surface area (Å²) in [6.45, 7) is 1.83. The summed E-state index contributed by atoms with van der Waals surface area (Å²) in [5.41, 5.74) is 1.50. The Bertz CT molecular complexity index is 460. The summed E-state index contributed by atoms with van der Waals surface area (Å²) in [6, 6.07) is 9.00. The normalized spacial score (nSPS) is 11.3. The number of ether oxygens (including phenoxy) is 1. The summed E-state index contributed by atoms with van der Waals surface area (Å²) in [5, 5.41) is 8.67. The Morgan fingerprint density at radius 3 is 1.40 bits per heavy atom. The fourth-order valence-corrected chi connectivity index (χ4v) is 4.29. The second-order valence-corrected chi connectivity index (χ2v) is 9.97. The van der Waals surface area contributed by atoms with Crippen LogP contribution in [-0.4, -0.2) is 24.9 Å². The molecule has 1 aromatic rings. The van der Waals surface area contributed by atoms with Gasteiger partial charge in [-0.05, 0) is 66.0 Å². The van der Waals surface area contributed by atoms with Gasteiger partial charge < -0.3 is 9.84 Å². The van der Waals surface area contributed by atoms with Crippen LogP contribution in [0.1, 0.15) is 115 Å². The van der Waals surface area contributed by atoms with Gasteiger partial charge in [0.25, 0.3) is 0 Å². The van der Waals surface area contributed by atoms with E-state index in [0.29, 0.717) is 6.61 Å². The largest absolute Gasteiger partial charge is 0.396 e. The molecule has 0 radical (unpaired) electrons. The van der Waals surface area contributed by atoms with E-state index in [1.54, 1.807) is 0 Å². The first-order chi connectivity index (χ1) is 14.8. The Hall–Kier alpha value is -0.130. The Balaban J connectivity index is 1.68. The first-order valence-electron chi connectivity index (χ1n) is 12.8. The molecule has 30 heavy (non-hydrogen) atoms. The van der Waals surface area contributed by atoms with E-state index in [2.05, 4.69) is 46.9 Å². The van der Waals surface area contributed by atoms with Crippen molar-refractivity contribution in [2.45, 2.75) is 116 Å². The molecule has 0 unspecified atom stereocenters. The lowest BCUT2D eigenvalue weighted by Gasteiger charge is -2.05. The maximum absolute atomic E-state index is 8.67. The zero-order valence-corrected chi connectivity index (χ0v) is 21.5. The number of aryl methyl sites for hydroxylation is 1. The molecule has 0 aliphatic carbocycles. The van der Waals surface area contributed by atoms with Crippen molar-refractivity contribution in [3.05, 3.63) is 33.4 Å². The van der Waals surface area contributed by atoms with Crippen LogP contribution in [0.3, 0.4) is 0 Å².